The molecule has 9 nitrogen and oxygen atoms in total. The number of methoxy groups -OCH3 is 1. The average Bonchev–Trinajstić information content (AvgIpc) is 3.29. The summed E-state index contributed by atoms with van der Waals surface area (Å²) in [7, 11) is 1.33. The lowest BCUT2D eigenvalue weighted by Crippen LogP contribution is -2.39. The van der Waals surface area contributed by atoms with Crippen molar-refractivity contribution in [2.75, 3.05) is 13.7 Å². The third-order valence-corrected chi connectivity index (χ3v) is 7.11. The monoisotopic (exact) mass is 523 g/mol. The Morgan fingerprint density at radius 3 is 1.77 bits per heavy atom. The molecule has 0 bridgehead atoms. The molecule has 4 aromatic carbocycles. The Hall–Kier alpha value is -4.89. The second-order valence-corrected chi connectivity index (χ2v) is 9.26. The van der Waals surface area contributed by atoms with Crippen LogP contribution >= 0.6 is 0 Å². The van der Waals surface area contributed by atoms with Crippen LogP contribution < -0.4 is 0 Å². The lowest BCUT2D eigenvalue weighted by atomic mass is 9.96. The predicted molar refractivity (Wildman–Crippen MR) is 145 cm³/mol. The van der Waals surface area contributed by atoms with E-state index in [9.17, 15) is 25.0 Å². The number of hydrogen-bond donors (Lipinski definition) is 0. The summed E-state index contributed by atoms with van der Waals surface area (Å²) >= 11 is 0. The molecule has 1 atom stereocenters. The van der Waals surface area contributed by atoms with Gasteiger partial charge in [-0.3, -0.25) is 25.1 Å². The maximum Gasteiger partial charge on any atom is 0.327 e. The van der Waals surface area contributed by atoms with E-state index >= 15 is 0 Å². The first-order chi connectivity index (χ1) is 18.9. The third-order valence-electron chi connectivity index (χ3n) is 7.11. The molecule has 0 spiro atoms. The Morgan fingerprint density at radius 2 is 1.28 bits per heavy atom. The normalized spacial score (nSPS) is 13.0. The van der Waals surface area contributed by atoms with Crippen molar-refractivity contribution in [1.29, 1.82) is 0 Å². The zero-order valence-electron chi connectivity index (χ0n) is 21.1. The molecule has 0 heterocycles. The van der Waals surface area contributed by atoms with Crippen LogP contribution in [0.15, 0.2) is 97.1 Å². The minimum absolute atomic E-state index is 0.00701. The van der Waals surface area contributed by atoms with Crippen molar-refractivity contribution in [2.45, 2.75) is 18.5 Å². The number of nitro groups is 2. The van der Waals surface area contributed by atoms with E-state index in [0.717, 1.165) is 27.8 Å². The molecule has 0 amide bonds. The molecule has 0 saturated carbocycles. The Bertz CT molecular complexity index is 1490. The van der Waals surface area contributed by atoms with Gasteiger partial charge in [-0.2, -0.15) is 0 Å². The van der Waals surface area contributed by atoms with Crippen molar-refractivity contribution >= 4 is 17.3 Å². The van der Waals surface area contributed by atoms with Crippen molar-refractivity contribution in [2.24, 2.45) is 0 Å². The zero-order chi connectivity index (χ0) is 27.5. The minimum atomic E-state index is -0.863. The summed E-state index contributed by atoms with van der Waals surface area (Å²) in [5.41, 5.74) is 5.60. The first kappa shape index (κ1) is 25.7. The van der Waals surface area contributed by atoms with Crippen LogP contribution in [-0.4, -0.2) is 34.4 Å². The van der Waals surface area contributed by atoms with Crippen molar-refractivity contribution in [3.8, 4) is 11.1 Å². The number of non-ortho nitro benzene ring substituents is 2. The van der Waals surface area contributed by atoms with Gasteiger partial charge in [0.25, 0.3) is 11.4 Å². The molecule has 196 valence electrons. The number of hydrogen-bond acceptors (Lipinski definition) is 7. The molecule has 0 aromatic heterocycles. The molecule has 1 aliphatic rings. The summed E-state index contributed by atoms with van der Waals surface area (Å²) < 4.78 is 5.27. The highest BCUT2D eigenvalue weighted by Crippen LogP contribution is 2.48. The van der Waals surface area contributed by atoms with E-state index in [2.05, 4.69) is 17.0 Å². The smallest absolute Gasteiger partial charge is 0.327 e. The van der Waals surface area contributed by atoms with Gasteiger partial charge >= 0.3 is 5.97 Å². The molecule has 5 rings (SSSR count). The van der Waals surface area contributed by atoms with Crippen LogP contribution in [0.1, 0.15) is 34.3 Å². The van der Waals surface area contributed by atoms with Gasteiger partial charge < -0.3 is 4.74 Å². The summed E-state index contributed by atoms with van der Waals surface area (Å²) in [6.45, 7) is 0.405. The first-order valence-electron chi connectivity index (χ1n) is 12.4. The van der Waals surface area contributed by atoms with Gasteiger partial charge in [0, 0.05) is 30.8 Å². The van der Waals surface area contributed by atoms with Crippen molar-refractivity contribution in [1.82, 2.24) is 4.90 Å². The highest BCUT2D eigenvalue weighted by Gasteiger charge is 2.40. The largest absolute Gasteiger partial charge is 0.468 e. The second-order valence-electron chi connectivity index (χ2n) is 9.26. The molecule has 4 aromatic rings. The highest BCUT2D eigenvalue weighted by atomic mass is 16.6. The Balaban J connectivity index is 1.61. The van der Waals surface area contributed by atoms with E-state index < -0.39 is 21.9 Å². The maximum atomic E-state index is 13.4. The van der Waals surface area contributed by atoms with E-state index in [0.29, 0.717) is 18.5 Å². The molecule has 9 heteroatoms. The predicted octanol–water partition coefficient (Wildman–Crippen LogP) is 6.03. The van der Waals surface area contributed by atoms with Crippen LogP contribution in [0.2, 0.25) is 0 Å². The maximum absolute atomic E-state index is 13.4. The van der Waals surface area contributed by atoms with E-state index in [1.165, 1.54) is 31.4 Å². The van der Waals surface area contributed by atoms with Gasteiger partial charge in [0.15, 0.2) is 0 Å². The molecular formula is C30H25N3O6. The SMILES string of the molecule is COC(=O)C(c1ccc([N+](=O)[O-])cc1)N(CCc1ccc([N+](=O)[O-])cc1)C1c2ccccc2-c2ccccc21. The van der Waals surface area contributed by atoms with Gasteiger partial charge in [-0.25, -0.2) is 4.79 Å². The number of nitrogens with zero attached hydrogens (tertiary/aromatic N) is 3. The highest BCUT2D eigenvalue weighted by molar-refractivity contribution is 5.81. The third kappa shape index (κ3) is 4.99. The van der Waals surface area contributed by atoms with Crippen molar-refractivity contribution in [3.63, 3.8) is 0 Å². The standard InChI is InChI=1S/C30H25N3O6/c1-39-30(34)28(21-12-16-23(17-13-21)33(37)38)31(19-18-20-10-14-22(15-11-20)32(35)36)29-26-8-4-2-6-24(26)25-7-3-5-9-27(25)29/h2-17,28-29H,18-19H2,1H3. The molecule has 1 aliphatic carbocycles. The average molecular weight is 524 g/mol. The molecule has 0 saturated heterocycles. The fraction of sp³-hybridized carbons (Fsp3) is 0.167. The number of nitro benzene ring substituents is 2. The Kier molecular flexibility index (Phi) is 7.16. The number of rotatable bonds is 9. The number of carbonyl (C=O) groups excluding carboxylic acids is 1. The van der Waals surface area contributed by atoms with E-state index in [1.54, 1.807) is 24.3 Å². The van der Waals surface area contributed by atoms with Gasteiger partial charge in [0.1, 0.15) is 6.04 Å². The van der Waals surface area contributed by atoms with Gasteiger partial charge in [-0.1, -0.05) is 72.8 Å². The lowest BCUT2D eigenvalue weighted by molar-refractivity contribution is -0.385. The van der Waals surface area contributed by atoms with Gasteiger partial charge in [0.2, 0.25) is 0 Å². The topological polar surface area (TPSA) is 116 Å². The van der Waals surface area contributed by atoms with Crippen LogP contribution in [0, 0.1) is 20.2 Å². The van der Waals surface area contributed by atoms with Crippen LogP contribution in [-0.2, 0) is 16.0 Å². The Morgan fingerprint density at radius 1 is 0.795 bits per heavy atom. The zero-order valence-corrected chi connectivity index (χ0v) is 21.1. The van der Waals surface area contributed by atoms with Crippen LogP contribution in [0.3, 0.4) is 0 Å². The molecule has 39 heavy (non-hydrogen) atoms. The number of ether oxygens (including phenoxy) is 1. The summed E-state index contributed by atoms with van der Waals surface area (Å²) in [4.78, 5) is 36.9. The molecule has 0 fully saturated rings. The summed E-state index contributed by atoms with van der Waals surface area (Å²) in [6, 6.07) is 27.2. The van der Waals surface area contributed by atoms with Crippen LogP contribution in [0.4, 0.5) is 11.4 Å². The van der Waals surface area contributed by atoms with E-state index in [1.807, 2.05) is 36.4 Å². The molecule has 0 radical (unpaired) electrons. The number of esters is 1. The summed E-state index contributed by atoms with van der Waals surface area (Å²) in [5.74, 6) is -0.491. The second kappa shape index (κ2) is 10.8. The van der Waals surface area contributed by atoms with Crippen LogP contribution in [0.5, 0.6) is 0 Å². The first-order valence-corrected chi connectivity index (χ1v) is 12.4. The molecule has 0 aliphatic heterocycles. The summed E-state index contributed by atoms with van der Waals surface area (Å²) in [6.07, 6.45) is 0.499. The van der Waals surface area contributed by atoms with Gasteiger partial charge in [-0.05, 0) is 39.8 Å². The molecule has 1 unspecified atom stereocenters. The number of benzene rings is 4. The number of fused-ring (bicyclic) bond motifs is 3. The van der Waals surface area contributed by atoms with Gasteiger partial charge in [0.05, 0.1) is 23.0 Å². The van der Waals surface area contributed by atoms with E-state index in [-0.39, 0.29) is 17.4 Å². The number of carbonyl (C=O) groups is 1. The van der Waals surface area contributed by atoms with Crippen molar-refractivity contribution in [3.05, 3.63) is 140 Å². The summed E-state index contributed by atoms with van der Waals surface area (Å²) in [5, 5.41) is 22.4. The van der Waals surface area contributed by atoms with Crippen LogP contribution in [0.25, 0.3) is 11.1 Å². The fourth-order valence-corrected chi connectivity index (χ4v) is 5.29. The lowest BCUT2D eigenvalue weighted by Gasteiger charge is -2.36. The Labute approximate surface area is 224 Å². The van der Waals surface area contributed by atoms with Gasteiger partial charge in [-0.15, -0.1) is 0 Å². The minimum Gasteiger partial charge on any atom is -0.468 e. The fourth-order valence-electron chi connectivity index (χ4n) is 5.29. The quantitative estimate of drug-likeness (QED) is 0.149. The van der Waals surface area contributed by atoms with E-state index in [4.69, 9.17) is 4.74 Å². The van der Waals surface area contributed by atoms with Crippen molar-refractivity contribution < 1.29 is 19.4 Å². The molecular weight excluding hydrogens is 498 g/mol. The molecule has 0 N–H and O–H groups in total.